The zero-order valence-corrected chi connectivity index (χ0v) is 37.5. The number of amides is 5. The van der Waals surface area contributed by atoms with Gasteiger partial charge < -0.3 is 71.1 Å². The van der Waals surface area contributed by atoms with E-state index in [1.807, 2.05) is 0 Å². The summed E-state index contributed by atoms with van der Waals surface area (Å²) in [7, 11) is -12.8. The van der Waals surface area contributed by atoms with Crippen molar-refractivity contribution in [2.24, 2.45) is 0 Å². The van der Waals surface area contributed by atoms with E-state index < -0.39 is 72.5 Å². The zero-order valence-electron chi connectivity index (χ0n) is 32.3. The lowest BCUT2D eigenvalue weighted by Gasteiger charge is -2.19. The number of nitrogens with two attached hydrogens (primary N) is 1. The maximum absolute atomic E-state index is 13.0. The molecular formula is C29H48N9O17P3S3. The number of aliphatic hydroxyl groups is 1. The first-order valence-corrected chi connectivity index (χ1v) is 25.7. The molecule has 0 spiro atoms. The van der Waals surface area contributed by atoms with E-state index in [2.05, 4.69) is 62.3 Å². The van der Waals surface area contributed by atoms with Crippen LogP contribution < -0.4 is 32.3 Å². The summed E-state index contributed by atoms with van der Waals surface area (Å²) in [5.41, 5.74) is 6.84. The van der Waals surface area contributed by atoms with E-state index in [0.29, 0.717) is 55.2 Å². The van der Waals surface area contributed by atoms with Gasteiger partial charge in [0.1, 0.15) is 42.5 Å². The van der Waals surface area contributed by atoms with Crippen molar-refractivity contribution < 1.29 is 80.2 Å². The van der Waals surface area contributed by atoms with E-state index in [1.54, 1.807) is 7.05 Å². The summed E-state index contributed by atoms with van der Waals surface area (Å²) in [5.74, 6) is -0.375. The third-order valence-electron chi connectivity index (χ3n) is 8.21. The van der Waals surface area contributed by atoms with Crippen molar-refractivity contribution in [3.05, 3.63) is 18.1 Å². The summed E-state index contributed by atoms with van der Waals surface area (Å²) in [6, 6.07) is -2.59. The smallest absolute Gasteiger partial charge is 0.390 e. The number of unbranched alkanes of at least 4 members (excludes halogenated alkanes) is 2. The second-order valence-corrected chi connectivity index (χ2v) is 20.3. The molecule has 2 aromatic heterocycles. The molecule has 1 saturated heterocycles. The molecule has 3 heterocycles. The quantitative estimate of drug-likeness (QED) is 0.0184. The van der Waals surface area contributed by atoms with Gasteiger partial charge in [0, 0.05) is 68.4 Å². The third-order valence-corrected chi connectivity index (χ3v) is 14.8. The number of phosphoric acid groups is 3. The second kappa shape index (κ2) is 24.9. The predicted molar refractivity (Wildman–Crippen MR) is 222 cm³/mol. The Morgan fingerprint density at radius 2 is 1.77 bits per heavy atom. The highest BCUT2D eigenvalue weighted by molar-refractivity contribution is 8.76. The number of aldehydes is 1. The highest BCUT2D eigenvalue weighted by atomic mass is 33.1. The summed E-state index contributed by atoms with van der Waals surface area (Å²) in [6.45, 7) is -0.632. The number of thiol groups is 1. The molecule has 0 radical (unpaired) electrons. The summed E-state index contributed by atoms with van der Waals surface area (Å²) >= 11 is 4.01. The van der Waals surface area contributed by atoms with Crippen LogP contribution in [0.1, 0.15) is 50.3 Å². The molecule has 3 rings (SSSR count). The van der Waals surface area contributed by atoms with Crippen LogP contribution in [0.5, 0.6) is 0 Å². The minimum absolute atomic E-state index is 0.0429. The monoisotopic (exact) mass is 983 g/mol. The maximum atomic E-state index is 13.0. The molecule has 0 aromatic carbocycles. The van der Waals surface area contributed by atoms with Gasteiger partial charge in [-0.15, -0.1) is 0 Å². The van der Waals surface area contributed by atoms with E-state index in [9.17, 15) is 52.6 Å². The largest absolute Gasteiger partial charge is 0.490 e. The Morgan fingerprint density at radius 3 is 2.44 bits per heavy atom. The third kappa shape index (κ3) is 18.4. The lowest BCUT2D eigenvalue weighted by molar-refractivity contribution is -0.122. The first-order chi connectivity index (χ1) is 28.7. The lowest BCUT2D eigenvalue weighted by Crippen LogP contribution is -2.53. The Kier molecular flexibility index (Phi) is 21.4. The molecule has 0 bridgehead atoms. The van der Waals surface area contributed by atoms with Gasteiger partial charge in [0.05, 0.1) is 24.1 Å². The zero-order chi connectivity index (χ0) is 45.4. The fourth-order valence-corrected chi connectivity index (χ4v) is 10.7. The molecule has 0 aliphatic carbocycles. The van der Waals surface area contributed by atoms with E-state index in [0.717, 1.165) is 0 Å². The number of aromatic nitrogens is 3. The molecule has 26 nitrogen and oxygen atoms in total. The van der Waals surface area contributed by atoms with Crippen molar-refractivity contribution in [3.8, 4) is 0 Å². The molecule has 1 fully saturated rings. The number of nitrogen functional groups attached to an aromatic ring is 1. The molecule has 0 saturated carbocycles. The van der Waals surface area contributed by atoms with Gasteiger partial charge in [0.15, 0.2) is 0 Å². The van der Waals surface area contributed by atoms with Gasteiger partial charge >= 0.3 is 29.5 Å². The number of hydrogen-bond acceptors (Lipinski definition) is 19. The number of carbonyl (C=O) groups is 5. The Balaban J connectivity index is 1.53. The van der Waals surface area contributed by atoms with Crippen molar-refractivity contribution >= 4 is 105 Å². The number of nitrogens with zero attached hydrogens (tertiary/aromatic N) is 3. The van der Waals surface area contributed by atoms with Crippen LogP contribution in [0.15, 0.2) is 12.5 Å². The van der Waals surface area contributed by atoms with Crippen LogP contribution in [0, 0.1) is 0 Å². The number of carbonyl (C=O) groups excluding carboxylic acids is 5. The first kappa shape index (κ1) is 52.5. The number of nitrogens with one attached hydrogen (secondary N) is 5. The minimum Gasteiger partial charge on any atom is -0.390 e. The van der Waals surface area contributed by atoms with Gasteiger partial charge in [-0.25, -0.2) is 28.5 Å². The molecule has 12 N–H and O–H groups in total. The highest BCUT2D eigenvalue weighted by Gasteiger charge is 2.43. The minimum atomic E-state index is -5.76. The topological polar surface area (TPSA) is 392 Å². The van der Waals surface area contributed by atoms with Crippen LogP contribution in [0.25, 0.3) is 11.0 Å². The van der Waals surface area contributed by atoms with Crippen LogP contribution in [-0.2, 0) is 57.3 Å². The molecule has 6 unspecified atom stereocenters. The molecule has 1 aliphatic heterocycles. The SMILES string of the molecule is CNC(=O)CCCCCNC(=O)C(CSSCCC(=O)NCc1cn(C2CC(O)C(COP(=O)(O)OP(=O)(O)OP(=O)(O)O)O2)c2ncnc(N)c12)NC(=O)N[C@H](C=O)CS. The van der Waals surface area contributed by atoms with Crippen LogP contribution in [0.3, 0.4) is 0 Å². The Labute approximate surface area is 361 Å². The molecule has 1 aliphatic rings. The summed E-state index contributed by atoms with van der Waals surface area (Å²) in [5, 5.41) is 24.0. The molecule has 61 heavy (non-hydrogen) atoms. The number of hydrogen-bond donors (Lipinski definition) is 12. The Bertz CT molecular complexity index is 1980. The van der Waals surface area contributed by atoms with Crippen molar-refractivity contribution in [2.45, 2.75) is 75.6 Å². The van der Waals surface area contributed by atoms with Crippen LogP contribution in [0.2, 0.25) is 0 Å². The van der Waals surface area contributed by atoms with Gasteiger partial charge in [-0.2, -0.15) is 21.3 Å². The van der Waals surface area contributed by atoms with E-state index in [1.165, 1.54) is 38.7 Å². The number of rotatable bonds is 27. The number of phosphoric ester groups is 1. The summed E-state index contributed by atoms with van der Waals surface area (Å²) < 4.78 is 53.9. The van der Waals surface area contributed by atoms with Crippen molar-refractivity contribution in [1.82, 2.24) is 41.1 Å². The predicted octanol–water partition coefficient (Wildman–Crippen LogP) is -0.0194. The molecule has 2 aromatic rings. The number of anilines is 1. The fraction of sp³-hybridized carbons (Fsp3) is 0.621. The molecule has 5 amide bonds. The fourth-order valence-electron chi connectivity index (χ4n) is 5.36. The first-order valence-electron chi connectivity index (χ1n) is 18.0. The number of ether oxygens (including phenoxy) is 1. The molecular weight excluding hydrogens is 935 g/mol. The van der Waals surface area contributed by atoms with Gasteiger partial charge in [0.2, 0.25) is 17.7 Å². The summed E-state index contributed by atoms with van der Waals surface area (Å²) in [6.07, 6.45) is 1.80. The Hall–Kier alpha value is -2.85. The van der Waals surface area contributed by atoms with E-state index in [-0.39, 0.29) is 54.2 Å². The molecule has 7 atom stereocenters. The van der Waals surface area contributed by atoms with Gasteiger partial charge in [-0.05, 0) is 12.8 Å². The average Bonchev–Trinajstić information content (AvgIpc) is 3.74. The van der Waals surface area contributed by atoms with E-state index >= 15 is 0 Å². The van der Waals surface area contributed by atoms with Crippen molar-refractivity contribution in [1.29, 1.82) is 0 Å². The highest BCUT2D eigenvalue weighted by Crippen LogP contribution is 2.66. The van der Waals surface area contributed by atoms with Gasteiger partial charge in [-0.1, -0.05) is 28.0 Å². The number of aliphatic hydroxyl groups excluding tert-OH is 1. The number of urea groups is 1. The Morgan fingerprint density at radius 1 is 1.03 bits per heavy atom. The van der Waals surface area contributed by atoms with Gasteiger partial charge in [-0.3, -0.25) is 18.9 Å². The maximum Gasteiger partial charge on any atom is 0.490 e. The second-order valence-electron chi connectivity index (χ2n) is 12.8. The normalized spacial score (nSPS) is 19.6. The van der Waals surface area contributed by atoms with Crippen molar-refractivity contribution in [3.63, 3.8) is 0 Å². The van der Waals surface area contributed by atoms with E-state index in [4.69, 9.17) is 20.3 Å². The standard InChI is InChI=1S/C29H48N9O17P3S3/c1-31-22(41)5-3-2-4-7-32-28(43)19(37-29(44)36-18(12-39)14-59)15-61-60-8-6-23(42)33-10-17-11-38(27-25(17)26(30)34-16-35-27)24-9-20(40)21(53-24)13-52-57(48,49)55-58(50,51)54-56(45,46)47/h11-12,16,18-21,24,40,59H,2-10,13-15H2,1H3,(H,31,41)(H,32,43)(H,33,42)(H,48,49)(H,50,51)(H2,30,34,35)(H2,36,37,44)(H2,45,46,47)/t18-,19?,20?,21?,24?/m1/s1. The van der Waals surface area contributed by atoms with Crippen LogP contribution >= 0.6 is 57.7 Å². The number of fused-ring (bicyclic) bond motifs is 1. The van der Waals surface area contributed by atoms with Gasteiger partial charge in [0.25, 0.3) is 0 Å². The van der Waals surface area contributed by atoms with Crippen molar-refractivity contribution in [2.75, 3.05) is 43.2 Å². The van der Waals surface area contributed by atoms with Crippen LogP contribution in [0.4, 0.5) is 10.6 Å². The summed E-state index contributed by atoms with van der Waals surface area (Å²) in [4.78, 5) is 106. The lowest BCUT2D eigenvalue weighted by atomic mass is 10.2. The average molecular weight is 984 g/mol. The molecule has 344 valence electrons. The van der Waals surface area contributed by atoms with Crippen LogP contribution in [-0.4, -0.2) is 131 Å². The molecule has 32 heteroatoms.